The maximum atomic E-state index is 12.0. The molecule has 0 aromatic heterocycles. The largest absolute Gasteiger partial charge is 0.508 e. The number of rotatable bonds is 5. The van der Waals surface area contributed by atoms with Crippen molar-refractivity contribution in [1.29, 1.82) is 0 Å². The Morgan fingerprint density at radius 1 is 1.21 bits per heavy atom. The Morgan fingerprint density at radius 3 is 2.50 bits per heavy atom. The van der Waals surface area contributed by atoms with Gasteiger partial charge in [0.1, 0.15) is 12.3 Å². The van der Waals surface area contributed by atoms with Crippen molar-refractivity contribution in [3.8, 4) is 5.75 Å². The van der Waals surface area contributed by atoms with Crippen LogP contribution in [-0.4, -0.2) is 36.1 Å². The SMILES string of the molecule is CCNC(=NCC(=O)Nc1ccc(O)cc1)NC1CCC(C)CC1. The van der Waals surface area contributed by atoms with Crippen LogP contribution in [0.4, 0.5) is 5.69 Å². The first-order valence-corrected chi connectivity index (χ1v) is 8.70. The van der Waals surface area contributed by atoms with Gasteiger partial charge in [-0.1, -0.05) is 6.92 Å². The topological polar surface area (TPSA) is 85.8 Å². The second-order valence-electron chi connectivity index (χ2n) is 6.39. The number of amides is 1. The standard InChI is InChI=1S/C18H28N4O2/c1-3-19-18(22-15-6-4-13(2)5-7-15)20-12-17(24)21-14-8-10-16(23)11-9-14/h8-11,13,15,23H,3-7,12H2,1-2H3,(H,21,24)(H2,19,20,22). The number of phenols is 1. The maximum absolute atomic E-state index is 12.0. The van der Waals surface area contributed by atoms with Crippen LogP contribution in [0, 0.1) is 5.92 Å². The second-order valence-corrected chi connectivity index (χ2v) is 6.39. The number of carbonyl (C=O) groups is 1. The molecule has 1 aliphatic rings. The molecule has 24 heavy (non-hydrogen) atoms. The van der Waals surface area contributed by atoms with Crippen LogP contribution in [0.2, 0.25) is 0 Å². The van der Waals surface area contributed by atoms with E-state index in [-0.39, 0.29) is 18.2 Å². The van der Waals surface area contributed by atoms with E-state index in [0.29, 0.717) is 17.7 Å². The summed E-state index contributed by atoms with van der Waals surface area (Å²) in [4.78, 5) is 16.4. The molecule has 2 rings (SSSR count). The molecule has 1 aromatic carbocycles. The summed E-state index contributed by atoms with van der Waals surface area (Å²) in [6.45, 7) is 5.12. The summed E-state index contributed by atoms with van der Waals surface area (Å²) >= 11 is 0. The van der Waals surface area contributed by atoms with Crippen molar-refractivity contribution >= 4 is 17.6 Å². The van der Waals surface area contributed by atoms with E-state index in [4.69, 9.17) is 0 Å². The fraction of sp³-hybridized carbons (Fsp3) is 0.556. The molecule has 6 nitrogen and oxygen atoms in total. The Bertz CT molecular complexity index is 549. The predicted octanol–water partition coefficient (Wildman–Crippen LogP) is 2.46. The molecule has 0 heterocycles. The summed E-state index contributed by atoms with van der Waals surface area (Å²) < 4.78 is 0. The van der Waals surface area contributed by atoms with Gasteiger partial charge in [0.25, 0.3) is 0 Å². The van der Waals surface area contributed by atoms with Gasteiger partial charge in [-0.25, -0.2) is 4.99 Å². The molecule has 0 radical (unpaired) electrons. The molecule has 0 unspecified atom stereocenters. The Kier molecular flexibility index (Phi) is 6.90. The van der Waals surface area contributed by atoms with Gasteiger partial charge < -0.3 is 21.1 Å². The minimum atomic E-state index is -0.185. The highest BCUT2D eigenvalue weighted by Gasteiger charge is 2.18. The van der Waals surface area contributed by atoms with E-state index in [0.717, 1.165) is 25.3 Å². The minimum absolute atomic E-state index is 0.0549. The number of anilines is 1. The van der Waals surface area contributed by atoms with Crippen LogP contribution in [0.1, 0.15) is 39.5 Å². The zero-order valence-corrected chi connectivity index (χ0v) is 14.5. The van der Waals surface area contributed by atoms with E-state index in [9.17, 15) is 9.90 Å². The molecule has 132 valence electrons. The first-order valence-electron chi connectivity index (χ1n) is 8.70. The van der Waals surface area contributed by atoms with E-state index in [1.165, 1.54) is 25.0 Å². The quantitative estimate of drug-likeness (QED) is 0.379. The van der Waals surface area contributed by atoms with E-state index >= 15 is 0 Å². The number of aromatic hydroxyl groups is 1. The average molecular weight is 332 g/mol. The van der Waals surface area contributed by atoms with Crippen LogP contribution < -0.4 is 16.0 Å². The van der Waals surface area contributed by atoms with E-state index in [1.54, 1.807) is 12.1 Å². The van der Waals surface area contributed by atoms with Crippen molar-refractivity contribution in [3.05, 3.63) is 24.3 Å². The number of hydrogen-bond donors (Lipinski definition) is 4. The van der Waals surface area contributed by atoms with Crippen molar-refractivity contribution in [3.63, 3.8) is 0 Å². The van der Waals surface area contributed by atoms with E-state index < -0.39 is 0 Å². The van der Waals surface area contributed by atoms with Crippen LogP contribution in [0.25, 0.3) is 0 Å². The molecule has 1 aliphatic carbocycles. The molecule has 1 fully saturated rings. The molecule has 1 saturated carbocycles. The lowest BCUT2D eigenvalue weighted by molar-refractivity contribution is -0.114. The molecule has 0 atom stereocenters. The second kappa shape index (κ2) is 9.15. The maximum Gasteiger partial charge on any atom is 0.246 e. The summed E-state index contributed by atoms with van der Waals surface area (Å²) in [7, 11) is 0. The van der Waals surface area contributed by atoms with Gasteiger partial charge >= 0.3 is 0 Å². The van der Waals surface area contributed by atoms with Crippen LogP contribution in [0.5, 0.6) is 5.75 Å². The van der Waals surface area contributed by atoms with Crippen molar-refractivity contribution < 1.29 is 9.90 Å². The van der Waals surface area contributed by atoms with Gasteiger partial charge in [0, 0.05) is 18.3 Å². The van der Waals surface area contributed by atoms with Crippen LogP contribution in [-0.2, 0) is 4.79 Å². The Balaban J connectivity index is 1.85. The number of hydrogen-bond acceptors (Lipinski definition) is 3. The summed E-state index contributed by atoms with van der Waals surface area (Å²) in [5.41, 5.74) is 0.646. The number of guanidine groups is 1. The van der Waals surface area contributed by atoms with Crippen molar-refractivity contribution in [2.24, 2.45) is 10.9 Å². The van der Waals surface area contributed by atoms with Crippen molar-refractivity contribution in [1.82, 2.24) is 10.6 Å². The molecule has 4 N–H and O–H groups in total. The van der Waals surface area contributed by atoms with Gasteiger partial charge in [-0.3, -0.25) is 4.79 Å². The van der Waals surface area contributed by atoms with Crippen LogP contribution >= 0.6 is 0 Å². The lowest BCUT2D eigenvalue weighted by Crippen LogP contribution is -2.45. The van der Waals surface area contributed by atoms with Crippen LogP contribution in [0.3, 0.4) is 0 Å². The first-order chi connectivity index (χ1) is 11.6. The number of benzene rings is 1. The van der Waals surface area contributed by atoms with Gasteiger partial charge in [0.05, 0.1) is 0 Å². The fourth-order valence-corrected chi connectivity index (χ4v) is 2.81. The van der Waals surface area contributed by atoms with Crippen molar-refractivity contribution in [2.75, 3.05) is 18.4 Å². The average Bonchev–Trinajstić information content (AvgIpc) is 2.57. The lowest BCUT2D eigenvalue weighted by Gasteiger charge is -2.28. The number of nitrogens with one attached hydrogen (secondary N) is 3. The molecule has 0 spiro atoms. The number of phenolic OH excluding ortho intramolecular Hbond substituents is 1. The predicted molar refractivity (Wildman–Crippen MR) is 97.3 cm³/mol. The highest BCUT2D eigenvalue weighted by atomic mass is 16.3. The van der Waals surface area contributed by atoms with Gasteiger partial charge in [-0.05, 0) is 62.8 Å². The van der Waals surface area contributed by atoms with Crippen LogP contribution in [0.15, 0.2) is 29.3 Å². The summed E-state index contributed by atoms with van der Waals surface area (Å²) in [6.07, 6.45) is 4.76. The molecule has 1 aromatic rings. The third-order valence-electron chi connectivity index (χ3n) is 4.23. The first kappa shape index (κ1) is 18.1. The summed E-state index contributed by atoms with van der Waals surface area (Å²) in [5, 5.41) is 18.6. The monoisotopic (exact) mass is 332 g/mol. The zero-order chi connectivity index (χ0) is 17.4. The molecule has 0 bridgehead atoms. The smallest absolute Gasteiger partial charge is 0.246 e. The highest BCUT2D eigenvalue weighted by molar-refractivity contribution is 5.94. The third-order valence-corrected chi connectivity index (χ3v) is 4.23. The Morgan fingerprint density at radius 2 is 1.88 bits per heavy atom. The lowest BCUT2D eigenvalue weighted by atomic mass is 9.87. The van der Waals surface area contributed by atoms with Gasteiger partial charge in [-0.15, -0.1) is 0 Å². The minimum Gasteiger partial charge on any atom is -0.508 e. The Hall–Kier alpha value is -2.24. The van der Waals surface area contributed by atoms with E-state index in [2.05, 4.69) is 27.9 Å². The van der Waals surface area contributed by atoms with Gasteiger partial charge in [0.2, 0.25) is 5.91 Å². The number of carbonyl (C=O) groups excluding carboxylic acids is 1. The Labute approximate surface area is 143 Å². The normalized spacial score (nSPS) is 21.2. The van der Waals surface area contributed by atoms with Crippen molar-refractivity contribution in [2.45, 2.75) is 45.6 Å². The summed E-state index contributed by atoms with van der Waals surface area (Å²) in [6, 6.07) is 6.82. The molecule has 6 heteroatoms. The summed E-state index contributed by atoms with van der Waals surface area (Å²) in [5.74, 6) is 1.48. The van der Waals surface area contributed by atoms with Gasteiger partial charge in [-0.2, -0.15) is 0 Å². The van der Waals surface area contributed by atoms with E-state index in [1.807, 2.05) is 6.92 Å². The third kappa shape index (κ3) is 6.10. The highest BCUT2D eigenvalue weighted by Crippen LogP contribution is 2.23. The fourth-order valence-electron chi connectivity index (χ4n) is 2.81. The zero-order valence-electron chi connectivity index (χ0n) is 14.5. The molecule has 1 amide bonds. The molecular weight excluding hydrogens is 304 g/mol. The molecular formula is C18H28N4O2. The molecule has 0 aliphatic heterocycles. The number of nitrogens with zero attached hydrogens (tertiary/aromatic N) is 1. The number of aliphatic imine (C=N–C) groups is 1. The molecule has 0 saturated heterocycles. The van der Waals surface area contributed by atoms with Gasteiger partial charge in [0.15, 0.2) is 5.96 Å².